The van der Waals surface area contributed by atoms with E-state index in [1.54, 1.807) is 18.0 Å². The molecule has 32 heavy (non-hydrogen) atoms. The molecule has 8 nitrogen and oxygen atoms in total. The fourth-order valence-corrected chi connectivity index (χ4v) is 4.01. The van der Waals surface area contributed by atoms with Gasteiger partial charge in [0.1, 0.15) is 17.8 Å². The number of nitrogens with zero attached hydrogens (tertiary/aromatic N) is 2. The van der Waals surface area contributed by atoms with Crippen LogP contribution >= 0.6 is 0 Å². The quantitative estimate of drug-likeness (QED) is 0.558. The number of hydrogen-bond acceptors (Lipinski definition) is 6. The van der Waals surface area contributed by atoms with Gasteiger partial charge in [0.25, 0.3) is 0 Å². The summed E-state index contributed by atoms with van der Waals surface area (Å²) in [5.74, 6) is -0.422. The smallest absolute Gasteiger partial charge is 0.410 e. The van der Waals surface area contributed by atoms with Crippen molar-refractivity contribution in [2.45, 2.75) is 45.4 Å². The van der Waals surface area contributed by atoms with E-state index in [-0.39, 0.29) is 31.4 Å². The average molecular weight is 437 g/mol. The Hall–Kier alpha value is -3.55. The van der Waals surface area contributed by atoms with E-state index in [2.05, 4.69) is 15.3 Å². The Labute approximate surface area is 186 Å². The molecule has 1 fully saturated rings. The minimum absolute atomic E-state index is 0.0378. The normalized spacial score (nSPS) is 18.4. The van der Waals surface area contributed by atoms with Gasteiger partial charge in [-0.2, -0.15) is 0 Å². The van der Waals surface area contributed by atoms with Gasteiger partial charge in [-0.3, -0.25) is 0 Å². The monoisotopic (exact) mass is 436 g/mol. The number of anilines is 1. The maximum atomic E-state index is 12.8. The highest BCUT2D eigenvalue weighted by molar-refractivity contribution is 6.04. The molecular weight excluding hydrogens is 408 g/mol. The molecule has 0 radical (unpaired) electrons. The van der Waals surface area contributed by atoms with Crippen molar-refractivity contribution in [1.29, 1.82) is 0 Å². The highest BCUT2D eigenvalue weighted by Crippen LogP contribution is 2.29. The molecular formula is C24H28N4O4. The van der Waals surface area contributed by atoms with Gasteiger partial charge in [0.15, 0.2) is 0 Å². The molecule has 2 atom stereocenters. The number of fused-ring (bicyclic) bond motifs is 1. The number of pyridine rings is 1. The fraction of sp³-hybridized carbons (Fsp3) is 0.375. The summed E-state index contributed by atoms with van der Waals surface area (Å²) in [6, 6.07) is 11.5. The lowest BCUT2D eigenvalue weighted by Crippen LogP contribution is -2.50. The number of hydrogen-bond donors (Lipinski definition) is 2. The molecule has 0 bridgehead atoms. The molecule has 0 saturated carbocycles. The first kappa shape index (κ1) is 21.7. The van der Waals surface area contributed by atoms with Crippen LogP contribution in [0.25, 0.3) is 11.0 Å². The zero-order chi connectivity index (χ0) is 22.5. The van der Waals surface area contributed by atoms with Crippen LogP contribution < -0.4 is 5.32 Å². The molecule has 4 rings (SSSR count). The van der Waals surface area contributed by atoms with Crippen LogP contribution in [0, 0.1) is 0 Å². The Morgan fingerprint density at radius 3 is 2.78 bits per heavy atom. The highest BCUT2D eigenvalue weighted by Gasteiger charge is 2.31. The summed E-state index contributed by atoms with van der Waals surface area (Å²) in [5, 5.41) is 4.30. The highest BCUT2D eigenvalue weighted by atomic mass is 16.6. The van der Waals surface area contributed by atoms with Gasteiger partial charge < -0.3 is 24.7 Å². The van der Waals surface area contributed by atoms with Crippen molar-refractivity contribution < 1.29 is 19.1 Å². The second-order valence-electron chi connectivity index (χ2n) is 7.97. The number of amides is 1. The summed E-state index contributed by atoms with van der Waals surface area (Å²) >= 11 is 0. The molecule has 1 saturated heterocycles. The van der Waals surface area contributed by atoms with Crippen LogP contribution in [0.1, 0.15) is 42.6 Å². The van der Waals surface area contributed by atoms with Crippen molar-refractivity contribution in [2.24, 2.45) is 0 Å². The van der Waals surface area contributed by atoms with Gasteiger partial charge in [-0.15, -0.1) is 0 Å². The zero-order valence-corrected chi connectivity index (χ0v) is 18.3. The van der Waals surface area contributed by atoms with Crippen LogP contribution in [-0.2, 0) is 16.1 Å². The van der Waals surface area contributed by atoms with Crippen LogP contribution in [0.4, 0.5) is 10.5 Å². The first-order chi connectivity index (χ1) is 15.6. The minimum Gasteiger partial charge on any atom is -0.462 e. The number of piperidine rings is 1. The topological polar surface area (TPSA) is 96.5 Å². The third kappa shape index (κ3) is 4.69. The van der Waals surface area contributed by atoms with E-state index < -0.39 is 5.97 Å². The molecule has 168 valence electrons. The Balaban J connectivity index is 1.49. The van der Waals surface area contributed by atoms with E-state index in [1.807, 2.05) is 43.3 Å². The fourth-order valence-electron chi connectivity index (χ4n) is 4.01. The van der Waals surface area contributed by atoms with Crippen molar-refractivity contribution in [3.8, 4) is 0 Å². The predicted molar refractivity (Wildman–Crippen MR) is 121 cm³/mol. The Morgan fingerprint density at radius 1 is 1.19 bits per heavy atom. The third-order valence-electron chi connectivity index (χ3n) is 5.75. The largest absolute Gasteiger partial charge is 0.462 e. The van der Waals surface area contributed by atoms with E-state index >= 15 is 0 Å². The number of benzene rings is 1. The molecule has 0 aliphatic carbocycles. The van der Waals surface area contributed by atoms with E-state index in [1.165, 1.54) is 6.20 Å². The number of likely N-dealkylation sites (tertiary alicyclic amines) is 1. The number of ether oxygens (including phenoxy) is 2. The number of aromatic nitrogens is 2. The van der Waals surface area contributed by atoms with E-state index in [0.29, 0.717) is 23.4 Å². The van der Waals surface area contributed by atoms with E-state index in [4.69, 9.17) is 9.47 Å². The van der Waals surface area contributed by atoms with Gasteiger partial charge in [0, 0.05) is 36.4 Å². The molecule has 0 unspecified atom stereocenters. The van der Waals surface area contributed by atoms with Crippen LogP contribution in [0.15, 0.2) is 48.8 Å². The maximum Gasteiger partial charge on any atom is 0.410 e. The first-order valence-electron chi connectivity index (χ1n) is 10.9. The van der Waals surface area contributed by atoms with Crippen LogP contribution in [0.2, 0.25) is 0 Å². The minimum atomic E-state index is -0.422. The van der Waals surface area contributed by atoms with Gasteiger partial charge in [0.05, 0.1) is 12.3 Å². The van der Waals surface area contributed by atoms with E-state index in [9.17, 15) is 9.59 Å². The summed E-state index contributed by atoms with van der Waals surface area (Å²) < 4.78 is 10.8. The summed E-state index contributed by atoms with van der Waals surface area (Å²) in [7, 11) is 0. The number of nitrogens with one attached hydrogen (secondary N) is 2. The van der Waals surface area contributed by atoms with Gasteiger partial charge in [-0.05, 0) is 38.3 Å². The molecule has 0 spiro atoms. The lowest BCUT2D eigenvalue weighted by Gasteiger charge is -2.38. The predicted octanol–water partition coefficient (Wildman–Crippen LogP) is 4.34. The Morgan fingerprint density at radius 2 is 2.00 bits per heavy atom. The number of carbonyl (C=O) groups excluding carboxylic acids is 2. The average Bonchev–Trinajstić information content (AvgIpc) is 3.29. The molecule has 2 aromatic heterocycles. The standard InChI is InChI=1S/C24H28N4O4/c1-3-31-23(29)20-13-26-22-19(11-12-25-22)21(20)27-18-10-9-16(2)28(14-18)24(30)32-15-17-7-5-4-6-8-17/h4-8,11-13,16,18H,3,9-10,14-15H2,1-2H3,(H2,25,26,27)/t16-,18+/m0/s1. The van der Waals surface area contributed by atoms with Gasteiger partial charge >= 0.3 is 12.1 Å². The summed E-state index contributed by atoms with van der Waals surface area (Å²) in [6.07, 6.45) is 4.67. The second-order valence-corrected chi connectivity index (χ2v) is 7.97. The summed E-state index contributed by atoms with van der Waals surface area (Å²) in [6.45, 7) is 4.80. The first-order valence-corrected chi connectivity index (χ1v) is 10.9. The van der Waals surface area contributed by atoms with Gasteiger partial charge in [-0.25, -0.2) is 14.6 Å². The summed E-state index contributed by atoms with van der Waals surface area (Å²) in [4.78, 5) is 34.5. The zero-order valence-electron chi connectivity index (χ0n) is 18.3. The Bertz CT molecular complexity index is 1080. The molecule has 1 amide bonds. The molecule has 8 heteroatoms. The van der Waals surface area contributed by atoms with Crippen molar-refractivity contribution >= 4 is 28.8 Å². The molecule has 1 aromatic carbocycles. The SMILES string of the molecule is CCOC(=O)c1cnc2[nH]ccc2c1N[C@@H]1CC[C@H](C)N(C(=O)OCc2ccccc2)C1. The number of aromatic amines is 1. The molecule has 3 heterocycles. The maximum absolute atomic E-state index is 12.8. The van der Waals surface area contributed by atoms with E-state index in [0.717, 1.165) is 23.8 Å². The van der Waals surface area contributed by atoms with Crippen molar-refractivity contribution in [2.75, 3.05) is 18.5 Å². The molecule has 1 aliphatic rings. The van der Waals surface area contributed by atoms with Crippen LogP contribution in [0.5, 0.6) is 0 Å². The van der Waals surface area contributed by atoms with Crippen molar-refractivity contribution in [3.63, 3.8) is 0 Å². The van der Waals surface area contributed by atoms with Crippen molar-refractivity contribution in [3.05, 3.63) is 59.9 Å². The number of esters is 1. The third-order valence-corrected chi connectivity index (χ3v) is 5.75. The van der Waals surface area contributed by atoms with Crippen molar-refractivity contribution in [1.82, 2.24) is 14.9 Å². The van der Waals surface area contributed by atoms with Gasteiger partial charge in [0.2, 0.25) is 0 Å². The number of rotatable bonds is 6. The second kappa shape index (κ2) is 9.72. The number of carbonyl (C=O) groups is 2. The lowest BCUT2D eigenvalue weighted by molar-refractivity contribution is 0.0526. The van der Waals surface area contributed by atoms with Crippen LogP contribution in [0.3, 0.4) is 0 Å². The molecule has 1 aliphatic heterocycles. The molecule has 3 aromatic rings. The number of H-pyrrole nitrogens is 1. The summed E-state index contributed by atoms with van der Waals surface area (Å²) in [5.41, 5.74) is 2.69. The lowest BCUT2D eigenvalue weighted by atomic mass is 9.99. The van der Waals surface area contributed by atoms with Crippen LogP contribution in [-0.4, -0.2) is 52.2 Å². The van der Waals surface area contributed by atoms with Gasteiger partial charge in [-0.1, -0.05) is 30.3 Å². The Kier molecular flexibility index (Phi) is 6.58. The molecule has 2 N–H and O–H groups in total.